The lowest BCUT2D eigenvalue weighted by atomic mass is 9.96. The van der Waals surface area contributed by atoms with Crippen molar-refractivity contribution in [1.29, 1.82) is 0 Å². The smallest absolute Gasteiger partial charge is 0.269 e. The van der Waals surface area contributed by atoms with Crippen LogP contribution in [-0.4, -0.2) is 89.6 Å². The van der Waals surface area contributed by atoms with Crippen molar-refractivity contribution in [2.45, 2.75) is 79.3 Å². The fraction of sp³-hybridized carbons (Fsp3) is 0.417. The van der Waals surface area contributed by atoms with Gasteiger partial charge in [-0.05, 0) is 60.6 Å². The number of pyridine rings is 1. The van der Waals surface area contributed by atoms with Gasteiger partial charge in [-0.3, -0.25) is 9.78 Å². The van der Waals surface area contributed by atoms with E-state index in [9.17, 15) is 25.2 Å². The van der Waals surface area contributed by atoms with E-state index in [1.165, 1.54) is 18.0 Å². The van der Waals surface area contributed by atoms with Gasteiger partial charge in [0.2, 0.25) is 0 Å². The molecular weight excluding hydrogens is 684 g/mol. The van der Waals surface area contributed by atoms with Crippen molar-refractivity contribution in [2.24, 2.45) is 7.05 Å². The van der Waals surface area contributed by atoms with Crippen molar-refractivity contribution < 1.29 is 39.8 Å². The number of nitrogens with zero attached hydrogens (tertiary/aromatic N) is 3. The van der Waals surface area contributed by atoms with Crippen LogP contribution in [0.25, 0.3) is 11.1 Å². The molecule has 0 saturated heterocycles. The summed E-state index contributed by atoms with van der Waals surface area (Å²) < 4.78 is 14.5. The van der Waals surface area contributed by atoms with Crippen LogP contribution in [0.4, 0.5) is 0 Å². The Morgan fingerprint density at radius 1 is 1.06 bits per heavy atom. The minimum Gasteiger partial charge on any atom is -0.490 e. The maximum Gasteiger partial charge on any atom is 0.269 e. The maximum atomic E-state index is 12.8. The summed E-state index contributed by atoms with van der Waals surface area (Å²) in [5, 5.41) is 52.0. The van der Waals surface area contributed by atoms with Gasteiger partial charge in [0.15, 0.2) is 5.16 Å². The third-order valence-electron chi connectivity index (χ3n) is 8.97. The van der Waals surface area contributed by atoms with E-state index >= 15 is 0 Å². The molecule has 2 fully saturated rings. The fourth-order valence-corrected chi connectivity index (χ4v) is 6.72. The molecular formula is C36H41ClN4O8S. The molecule has 6 N–H and O–H groups in total. The Bertz CT molecular complexity index is 1800. The first kappa shape index (κ1) is 36.3. The van der Waals surface area contributed by atoms with Crippen molar-refractivity contribution in [3.63, 3.8) is 0 Å². The number of aliphatic hydroxyl groups excluding tert-OH is 5. The van der Waals surface area contributed by atoms with Crippen LogP contribution in [-0.2, 0) is 29.7 Å². The predicted molar refractivity (Wildman–Crippen MR) is 187 cm³/mol. The summed E-state index contributed by atoms with van der Waals surface area (Å²) in [6.07, 6.45) is 2.51. The number of nitrogens with one attached hydrogen (secondary N) is 1. The Morgan fingerprint density at radius 3 is 2.56 bits per heavy atom. The Labute approximate surface area is 299 Å². The summed E-state index contributed by atoms with van der Waals surface area (Å²) >= 11 is 8.07. The number of thioether (sulfide) groups is 1. The lowest BCUT2D eigenvalue weighted by molar-refractivity contribution is -0.113. The van der Waals surface area contributed by atoms with E-state index in [1.54, 1.807) is 17.8 Å². The molecule has 0 aliphatic heterocycles. The molecule has 0 bridgehead atoms. The van der Waals surface area contributed by atoms with E-state index in [0.29, 0.717) is 22.5 Å². The summed E-state index contributed by atoms with van der Waals surface area (Å²) in [4.78, 5) is 21.6. The van der Waals surface area contributed by atoms with Gasteiger partial charge in [0.25, 0.3) is 5.91 Å². The first-order valence-electron chi connectivity index (χ1n) is 16.5. The quantitative estimate of drug-likeness (QED) is 0.0880. The van der Waals surface area contributed by atoms with Crippen LogP contribution < -0.4 is 10.1 Å². The van der Waals surface area contributed by atoms with Gasteiger partial charge in [0.05, 0.1) is 37.2 Å². The SMILES string of the molecule is Cn1c(C(=O)NC[C@H](O)[C@@H](O)[C@H](O)[C@H](O)CO)cnc1SCc1ccc(Cl)c(COC2(c3cnccc3-c3ccccc3OC3CC3)CC2)c1. The van der Waals surface area contributed by atoms with Gasteiger partial charge in [-0.2, -0.15) is 0 Å². The number of aliphatic hydroxyl groups is 5. The number of para-hydroxylation sites is 1. The zero-order valence-corrected chi connectivity index (χ0v) is 29.1. The molecule has 2 aliphatic rings. The van der Waals surface area contributed by atoms with Gasteiger partial charge in [0, 0.05) is 47.9 Å². The molecule has 4 aromatic rings. The van der Waals surface area contributed by atoms with Gasteiger partial charge in [-0.1, -0.05) is 53.7 Å². The number of benzene rings is 2. The number of carbonyl (C=O) groups excluding carboxylic acids is 1. The van der Waals surface area contributed by atoms with E-state index in [-0.39, 0.29) is 11.8 Å². The Balaban J connectivity index is 1.07. The molecule has 2 aromatic carbocycles. The summed E-state index contributed by atoms with van der Waals surface area (Å²) in [6, 6.07) is 15.9. The minimum atomic E-state index is -1.78. The number of amides is 1. The van der Waals surface area contributed by atoms with Crippen molar-refractivity contribution in [2.75, 3.05) is 13.2 Å². The summed E-state index contributed by atoms with van der Waals surface area (Å²) in [7, 11) is 1.69. The summed E-state index contributed by atoms with van der Waals surface area (Å²) in [5.41, 5.74) is 4.73. The lowest BCUT2D eigenvalue weighted by Gasteiger charge is -2.25. The number of carbonyl (C=O) groups is 1. The number of imidazole rings is 1. The van der Waals surface area contributed by atoms with Gasteiger partial charge >= 0.3 is 0 Å². The van der Waals surface area contributed by atoms with E-state index in [0.717, 1.165) is 59.3 Å². The van der Waals surface area contributed by atoms with E-state index in [1.807, 2.05) is 48.7 Å². The molecule has 4 atom stereocenters. The highest BCUT2D eigenvalue weighted by molar-refractivity contribution is 7.98. The van der Waals surface area contributed by atoms with Gasteiger partial charge < -0.3 is 44.9 Å². The number of ether oxygens (including phenoxy) is 2. The second kappa shape index (κ2) is 15.8. The minimum absolute atomic E-state index is 0.224. The van der Waals surface area contributed by atoms with Crippen molar-refractivity contribution in [1.82, 2.24) is 19.9 Å². The Hall–Kier alpha value is -3.53. The molecule has 1 amide bonds. The summed E-state index contributed by atoms with van der Waals surface area (Å²) in [6.45, 7) is -0.878. The van der Waals surface area contributed by atoms with Crippen LogP contribution in [0.15, 0.2) is 72.3 Å². The number of hydrogen-bond donors (Lipinski definition) is 6. The average Bonchev–Trinajstić information content (AvgIpc) is 4.08. The Kier molecular flexibility index (Phi) is 11.5. The van der Waals surface area contributed by atoms with Crippen LogP contribution in [0.1, 0.15) is 52.9 Å². The van der Waals surface area contributed by atoms with Crippen LogP contribution >= 0.6 is 23.4 Å². The highest BCUT2D eigenvalue weighted by atomic mass is 35.5. The van der Waals surface area contributed by atoms with E-state index in [4.69, 9.17) is 26.2 Å². The maximum absolute atomic E-state index is 12.8. The third kappa shape index (κ3) is 8.32. The molecule has 12 nitrogen and oxygen atoms in total. The van der Waals surface area contributed by atoms with Crippen molar-refractivity contribution in [3.8, 4) is 16.9 Å². The summed E-state index contributed by atoms with van der Waals surface area (Å²) in [5.74, 6) is 0.867. The molecule has 0 unspecified atom stereocenters. The largest absolute Gasteiger partial charge is 0.490 e. The average molecular weight is 725 g/mol. The van der Waals surface area contributed by atoms with Crippen LogP contribution in [0.5, 0.6) is 5.75 Å². The molecule has 2 aromatic heterocycles. The number of hydrogen-bond acceptors (Lipinski definition) is 11. The molecule has 2 saturated carbocycles. The van der Waals surface area contributed by atoms with Crippen molar-refractivity contribution in [3.05, 3.63) is 94.5 Å². The van der Waals surface area contributed by atoms with Gasteiger partial charge in [-0.25, -0.2) is 4.98 Å². The fourth-order valence-electron chi connectivity index (χ4n) is 5.66. The molecule has 14 heteroatoms. The molecule has 0 spiro atoms. The van der Waals surface area contributed by atoms with Crippen LogP contribution in [0, 0.1) is 0 Å². The van der Waals surface area contributed by atoms with Crippen LogP contribution in [0.3, 0.4) is 0 Å². The molecule has 2 aliphatic carbocycles. The predicted octanol–water partition coefficient (Wildman–Crippen LogP) is 3.34. The molecule has 6 rings (SSSR count). The van der Waals surface area contributed by atoms with Gasteiger partial charge in [0.1, 0.15) is 29.8 Å². The highest BCUT2D eigenvalue weighted by Gasteiger charge is 2.48. The topological polar surface area (TPSA) is 179 Å². The second-order valence-electron chi connectivity index (χ2n) is 12.7. The standard InChI is InChI=1S/C36H41ClN4O8S/c1-41-28(34(47)39-17-29(43)32(45)33(46)30(44)18-42)16-40-35(41)50-20-21-6-9-27(37)22(14-21)19-48-36(11-12-36)26-15-38-13-10-24(26)25-4-2-3-5-31(25)49-23-7-8-23/h2-6,9-10,13-16,23,29-30,32-33,42-46H,7-8,11-12,17-20H2,1H3,(H,39,47)/t29-,30+,32+,33+/m0/s1. The normalized spacial score (nSPS) is 17.5. The highest BCUT2D eigenvalue weighted by Crippen LogP contribution is 2.53. The second-order valence-corrected chi connectivity index (χ2v) is 14.1. The molecule has 50 heavy (non-hydrogen) atoms. The number of halogens is 1. The molecule has 266 valence electrons. The monoisotopic (exact) mass is 724 g/mol. The number of aromatic nitrogens is 3. The zero-order chi connectivity index (χ0) is 35.4. The molecule has 2 heterocycles. The first-order valence-corrected chi connectivity index (χ1v) is 17.8. The number of rotatable bonds is 17. The van der Waals surface area contributed by atoms with Gasteiger partial charge in [-0.15, -0.1) is 0 Å². The zero-order valence-electron chi connectivity index (χ0n) is 27.5. The van der Waals surface area contributed by atoms with E-state index in [2.05, 4.69) is 21.4 Å². The first-order chi connectivity index (χ1) is 24.1. The lowest BCUT2D eigenvalue weighted by Crippen LogP contribution is -2.49. The Morgan fingerprint density at radius 2 is 1.82 bits per heavy atom. The van der Waals surface area contributed by atoms with Crippen molar-refractivity contribution >= 4 is 29.3 Å². The molecule has 0 radical (unpaired) electrons. The van der Waals surface area contributed by atoms with Crippen LogP contribution in [0.2, 0.25) is 5.02 Å². The van der Waals surface area contributed by atoms with E-state index < -0.39 is 49.1 Å². The third-order valence-corrected chi connectivity index (χ3v) is 10.5.